The standard InChI is InChI=1S/C13H16F2N2O3/c14-8-6-7-10(17(18)19)13(12(8)15)20-11-5-3-1-2-4-9(11)16/h6-7,9,11H,1-5,16H2. The van der Waals surface area contributed by atoms with E-state index in [1.54, 1.807) is 0 Å². The van der Waals surface area contributed by atoms with Crippen molar-refractivity contribution in [2.24, 2.45) is 5.73 Å². The summed E-state index contributed by atoms with van der Waals surface area (Å²) < 4.78 is 32.4. The van der Waals surface area contributed by atoms with Crippen LogP contribution in [0.25, 0.3) is 0 Å². The second-order valence-corrected chi connectivity index (χ2v) is 4.92. The van der Waals surface area contributed by atoms with Crippen molar-refractivity contribution in [3.63, 3.8) is 0 Å². The SMILES string of the molecule is NC1CCCCCC1Oc1c([N+](=O)[O-])ccc(F)c1F. The van der Waals surface area contributed by atoms with Gasteiger partial charge in [0.25, 0.3) is 0 Å². The van der Waals surface area contributed by atoms with E-state index in [1.165, 1.54) is 0 Å². The van der Waals surface area contributed by atoms with Gasteiger partial charge >= 0.3 is 5.69 Å². The largest absolute Gasteiger partial charge is 0.480 e. The molecule has 0 aliphatic heterocycles. The second kappa shape index (κ2) is 6.13. The lowest BCUT2D eigenvalue weighted by molar-refractivity contribution is -0.386. The number of hydrogen-bond donors (Lipinski definition) is 1. The van der Waals surface area contributed by atoms with Gasteiger partial charge in [0.2, 0.25) is 11.6 Å². The Balaban J connectivity index is 2.31. The first-order valence-corrected chi connectivity index (χ1v) is 6.55. The van der Waals surface area contributed by atoms with Crippen LogP contribution in [0.5, 0.6) is 5.75 Å². The molecule has 0 saturated heterocycles. The maximum Gasteiger partial charge on any atom is 0.314 e. The molecule has 1 aliphatic carbocycles. The fraction of sp³-hybridized carbons (Fsp3) is 0.538. The summed E-state index contributed by atoms with van der Waals surface area (Å²) in [6.45, 7) is 0. The number of nitrogens with two attached hydrogens (primary N) is 1. The van der Waals surface area contributed by atoms with Gasteiger partial charge in [-0.2, -0.15) is 4.39 Å². The summed E-state index contributed by atoms with van der Waals surface area (Å²) in [4.78, 5) is 10.1. The Labute approximate surface area is 114 Å². The lowest BCUT2D eigenvalue weighted by Gasteiger charge is -2.22. The zero-order valence-corrected chi connectivity index (χ0v) is 10.9. The van der Waals surface area contributed by atoms with Crippen LogP contribution >= 0.6 is 0 Å². The number of halogens is 2. The maximum atomic E-state index is 13.8. The Morgan fingerprint density at radius 1 is 1.25 bits per heavy atom. The van der Waals surface area contributed by atoms with Gasteiger partial charge in [0, 0.05) is 12.1 Å². The van der Waals surface area contributed by atoms with Gasteiger partial charge in [-0.05, 0) is 25.3 Å². The molecule has 1 saturated carbocycles. The molecule has 0 bridgehead atoms. The normalized spacial score (nSPS) is 23.1. The molecule has 2 rings (SSSR count). The van der Waals surface area contributed by atoms with Crippen LogP contribution in [0.4, 0.5) is 14.5 Å². The van der Waals surface area contributed by atoms with Gasteiger partial charge in [0.05, 0.1) is 4.92 Å². The molecule has 1 aromatic carbocycles. The molecule has 1 aromatic rings. The minimum atomic E-state index is -1.34. The molecule has 1 fully saturated rings. The van der Waals surface area contributed by atoms with Gasteiger partial charge in [0.1, 0.15) is 6.10 Å². The van der Waals surface area contributed by atoms with Crippen molar-refractivity contribution in [2.75, 3.05) is 0 Å². The van der Waals surface area contributed by atoms with Gasteiger partial charge in [-0.25, -0.2) is 4.39 Å². The van der Waals surface area contributed by atoms with Gasteiger partial charge in [0.15, 0.2) is 5.82 Å². The van der Waals surface area contributed by atoms with E-state index < -0.39 is 34.1 Å². The Bertz CT molecular complexity index is 511. The average molecular weight is 286 g/mol. The second-order valence-electron chi connectivity index (χ2n) is 4.92. The topological polar surface area (TPSA) is 78.4 Å². The highest BCUT2D eigenvalue weighted by molar-refractivity contribution is 5.47. The van der Waals surface area contributed by atoms with Crippen molar-refractivity contribution < 1.29 is 18.4 Å². The summed E-state index contributed by atoms with van der Waals surface area (Å²) in [6.07, 6.45) is 3.52. The van der Waals surface area contributed by atoms with Crippen LogP contribution in [0.15, 0.2) is 12.1 Å². The van der Waals surface area contributed by atoms with E-state index in [2.05, 4.69) is 0 Å². The van der Waals surface area contributed by atoms with E-state index in [-0.39, 0.29) is 6.04 Å². The molecular formula is C13H16F2N2O3. The predicted molar refractivity (Wildman–Crippen MR) is 68.5 cm³/mol. The minimum absolute atomic E-state index is 0.334. The third-order valence-corrected chi connectivity index (χ3v) is 3.50. The Hall–Kier alpha value is -1.76. The number of rotatable bonds is 3. The number of benzene rings is 1. The van der Waals surface area contributed by atoms with Gasteiger partial charge in [-0.15, -0.1) is 0 Å². The summed E-state index contributed by atoms with van der Waals surface area (Å²) in [5, 5.41) is 10.9. The highest BCUT2D eigenvalue weighted by Crippen LogP contribution is 2.34. The van der Waals surface area contributed by atoms with E-state index in [9.17, 15) is 18.9 Å². The lowest BCUT2D eigenvalue weighted by Crippen LogP contribution is -2.38. The average Bonchev–Trinajstić information content (AvgIpc) is 2.60. The lowest BCUT2D eigenvalue weighted by atomic mass is 10.1. The van der Waals surface area contributed by atoms with E-state index in [0.717, 1.165) is 25.3 Å². The first-order chi connectivity index (χ1) is 9.50. The van der Waals surface area contributed by atoms with Crippen molar-refractivity contribution in [1.82, 2.24) is 0 Å². The van der Waals surface area contributed by atoms with Crippen molar-refractivity contribution in [3.8, 4) is 5.75 Å². The molecular weight excluding hydrogens is 270 g/mol. The highest BCUT2D eigenvalue weighted by Gasteiger charge is 2.29. The van der Waals surface area contributed by atoms with E-state index in [4.69, 9.17) is 10.5 Å². The number of ether oxygens (including phenoxy) is 1. The molecule has 0 heterocycles. The number of nitro groups is 1. The molecule has 110 valence electrons. The van der Waals surface area contributed by atoms with Crippen molar-refractivity contribution >= 4 is 5.69 Å². The zero-order chi connectivity index (χ0) is 14.7. The third kappa shape index (κ3) is 3.04. The molecule has 0 amide bonds. The van der Waals surface area contributed by atoms with E-state index in [0.29, 0.717) is 18.9 Å². The molecule has 2 atom stereocenters. The Kier molecular flexibility index (Phi) is 4.49. The molecule has 1 aliphatic rings. The Morgan fingerprint density at radius 3 is 2.65 bits per heavy atom. The number of nitro benzene ring substituents is 1. The molecule has 2 N–H and O–H groups in total. The molecule has 20 heavy (non-hydrogen) atoms. The summed E-state index contributed by atoms with van der Waals surface area (Å²) in [6, 6.07) is 1.28. The van der Waals surface area contributed by atoms with Crippen molar-refractivity contribution in [2.45, 2.75) is 44.2 Å². The summed E-state index contributed by atoms with van der Waals surface area (Å²) in [5.41, 5.74) is 5.35. The first-order valence-electron chi connectivity index (χ1n) is 6.55. The highest BCUT2D eigenvalue weighted by atomic mass is 19.2. The van der Waals surface area contributed by atoms with E-state index >= 15 is 0 Å². The van der Waals surface area contributed by atoms with Crippen LogP contribution in [0.3, 0.4) is 0 Å². The number of nitrogens with zero attached hydrogens (tertiary/aromatic N) is 1. The van der Waals surface area contributed by atoms with Crippen molar-refractivity contribution in [1.29, 1.82) is 0 Å². The summed E-state index contributed by atoms with van der Waals surface area (Å²) in [5.74, 6) is -3.17. The van der Waals surface area contributed by atoms with Crippen LogP contribution in [0.1, 0.15) is 32.1 Å². The van der Waals surface area contributed by atoms with Crippen LogP contribution < -0.4 is 10.5 Å². The van der Waals surface area contributed by atoms with Crippen LogP contribution in [-0.2, 0) is 0 Å². The maximum absolute atomic E-state index is 13.8. The fourth-order valence-corrected chi connectivity index (χ4v) is 2.38. The van der Waals surface area contributed by atoms with Crippen LogP contribution in [0.2, 0.25) is 0 Å². The van der Waals surface area contributed by atoms with Gasteiger partial charge in [-0.3, -0.25) is 10.1 Å². The van der Waals surface area contributed by atoms with Crippen LogP contribution in [0, 0.1) is 21.7 Å². The van der Waals surface area contributed by atoms with E-state index in [1.807, 2.05) is 0 Å². The summed E-state index contributed by atoms with van der Waals surface area (Å²) >= 11 is 0. The molecule has 0 radical (unpaired) electrons. The Morgan fingerprint density at radius 2 is 1.95 bits per heavy atom. The third-order valence-electron chi connectivity index (χ3n) is 3.50. The van der Waals surface area contributed by atoms with Gasteiger partial charge in [-0.1, -0.05) is 12.8 Å². The van der Waals surface area contributed by atoms with Crippen LogP contribution in [-0.4, -0.2) is 17.1 Å². The molecule has 7 heteroatoms. The molecule has 2 unspecified atom stereocenters. The monoisotopic (exact) mass is 286 g/mol. The summed E-state index contributed by atoms with van der Waals surface area (Å²) in [7, 11) is 0. The van der Waals surface area contributed by atoms with Gasteiger partial charge < -0.3 is 10.5 Å². The number of hydrogen-bond acceptors (Lipinski definition) is 4. The fourth-order valence-electron chi connectivity index (χ4n) is 2.38. The smallest absolute Gasteiger partial charge is 0.314 e. The molecule has 5 nitrogen and oxygen atoms in total. The molecule has 0 aromatic heterocycles. The molecule has 0 spiro atoms. The minimum Gasteiger partial charge on any atom is -0.480 e. The zero-order valence-electron chi connectivity index (χ0n) is 10.9. The predicted octanol–water partition coefficient (Wildman–Crippen LogP) is 2.91. The first kappa shape index (κ1) is 14.6. The quantitative estimate of drug-likeness (QED) is 0.526. The van der Waals surface area contributed by atoms with Crippen molar-refractivity contribution in [3.05, 3.63) is 33.9 Å².